The molecule has 1 unspecified atom stereocenters. The van der Waals surface area contributed by atoms with Crippen molar-refractivity contribution in [3.8, 4) is 0 Å². The molecule has 0 aliphatic heterocycles. The molecule has 142 valence electrons. The fraction of sp³-hybridized carbons (Fsp3) is 0.682. The van der Waals surface area contributed by atoms with E-state index in [1.165, 1.54) is 56.9 Å². The van der Waals surface area contributed by atoms with Crippen molar-refractivity contribution in [3.05, 3.63) is 29.8 Å². The number of carbonyl (C=O) groups excluding carboxylic acids is 1. The highest BCUT2D eigenvalue weighted by Gasteiger charge is 2.12. The Morgan fingerprint density at radius 2 is 1.60 bits per heavy atom. The number of anilines is 1. The van der Waals surface area contributed by atoms with Crippen LogP contribution in [0.15, 0.2) is 24.3 Å². The molecule has 0 aliphatic rings. The van der Waals surface area contributed by atoms with Crippen molar-refractivity contribution in [1.29, 1.82) is 0 Å². The minimum absolute atomic E-state index is 0.00648. The number of carbonyl (C=O) groups is 1. The molecule has 1 amide bonds. The Hall–Kier alpha value is -1.35. The topological polar surface area (TPSA) is 41.1 Å². The third kappa shape index (κ3) is 9.06. The fourth-order valence-corrected chi connectivity index (χ4v) is 3.14. The van der Waals surface area contributed by atoms with Crippen LogP contribution in [0, 0.1) is 5.92 Å². The van der Waals surface area contributed by atoms with E-state index < -0.39 is 0 Å². The lowest BCUT2D eigenvalue weighted by Crippen LogP contribution is -2.35. The fourth-order valence-electron chi connectivity index (χ4n) is 3.14. The van der Waals surface area contributed by atoms with Crippen molar-refractivity contribution in [1.82, 2.24) is 5.32 Å². The summed E-state index contributed by atoms with van der Waals surface area (Å²) in [5, 5.41) is 5.91. The summed E-state index contributed by atoms with van der Waals surface area (Å²) in [6.07, 6.45) is 11.8. The van der Waals surface area contributed by atoms with Crippen molar-refractivity contribution in [2.24, 2.45) is 5.92 Å². The van der Waals surface area contributed by atoms with E-state index in [2.05, 4.69) is 36.6 Å². The molecule has 1 aromatic carbocycles. The molecule has 1 rings (SSSR count). The van der Waals surface area contributed by atoms with Gasteiger partial charge in [-0.2, -0.15) is 0 Å². The van der Waals surface area contributed by atoms with E-state index in [1.807, 2.05) is 19.1 Å². The smallest absolute Gasteiger partial charge is 0.241 e. The summed E-state index contributed by atoms with van der Waals surface area (Å²) < 4.78 is 0. The van der Waals surface area contributed by atoms with E-state index >= 15 is 0 Å². The monoisotopic (exact) mass is 346 g/mol. The lowest BCUT2D eigenvalue weighted by atomic mass is 9.89. The SMILES string of the molecule is CCCCCCC(CCCC)Cc1ccc(NC(=O)[C@H](C)NC)cc1. The number of benzene rings is 1. The maximum Gasteiger partial charge on any atom is 0.241 e. The standard InChI is InChI=1S/C22H38N2O/c1-5-7-9-10-12-19(11-8-6-2)17-20-13-15-21(16-14-20)24-22(25)18(3)23-4/h13-16,18-19,23H,5-12,17H2,1-4H3,(H,24,25)/t18-,19?/m0/s1. The Balaban J connectivity index is 2.54. The second-order valence-corrected chi connectivity index (χ2v) is 7.26. The molecule has 25 heavy (non-hydrogen) atoms. The van der Waals surface area contributed by atoms with Gasteiger partial charge in [-0.25, -0.2) is 0 Å². The molecule has 0 aliphatic carbocycles. The number of hydrogen-bond donors (Lipinski definition) is 2. The van der Waals surface area contributed by atoms with Gasteiger partial charge in [0.2, 0.25) is 5.91 Å². The molecule has 1 aromatic rings. The van der Waals surface area contributed by atoms with Gasteiger partial charge in [-0.15, -0.1) is 0 Å². The van der Waals surface area contributed by atoms with Crippen molar-refractivity contribution in [2.75, 3.05) is 12.4 Å². The van der Waals surface area contributed by atoms with Gasteiger partial charge in [-0.3, -0.25) is 4.79 Å². The average Bonchev–Trinajstić information content (AvgIpc) is 2.63. The molecule has 0 bridgehead atoms. The highest BCUT2D eigenvalue weighted by atomic mass is 16.2. The molecule has 0 fully saturated rings. The van der Waals surface area contributed by atoms with Crippen molar-refractivity contribution >= 4 is 11.6 Å². The number of likely N-dealkylation sites (N-methyl/N-ethyl adjacent to an activating group) is 1. The lowest BCUT2D eigenvalue weighted by molar-refractivity contribution is -0.117. The van der Waals surface area contributed by atoms with Crippen LogP contribution in [0.3, 0.4) is 0 Å². The first-order valence-corrected chi connectivity index (χ1v) is 10.2. The van der Waals surface area contributed by atoms with Crippen molar-refractivity contribution in [2.45, 2.75) is 84.6 Å². The third-order valence-electron chi connectivity index (χ3n) is 5.00. The van der Waals surface area contributed by atoms with E-state index in [9.17, 15) is 4.79 Å². The van der Waals surface area contributed by atoms with Gasteiger partial charge in [0.1, 0.15) is 0 Å². The molecule has 0 aromatic heterocycles. The zero-order chi connectivity index (χ0) is 18.5. The van der Waals surface area contributed by atoms with E-state index in [4.69, 9.17) is 0 Å². The van der Waals surface area contributed by atoms with Crippen LogP contribution < -0.4 is 10.6 Å². The largest absolute Gasteiger partial charge is 0.325 e. The van der Waals surface area contributed by atoms with Crippen LogP contribution in [0.25, 0.3) is 0 Å². The molecule has 0 saturated heterocycles. The van der Waals surface area contributed by atoms with Gasteiger partial charge >= 0.3 is 0 Å². The Morgan fingerprint density at radius 1 is 0.960 bits per heavy atom. The normalized spacial score (nSPS) is 13.4. The minimum atomic E-state index is -0.179. The van der Waals surface area contributed by atoms with Gasteiger partial charge in [0, 0.05) is 5.69 Å². The molecule has 0 radical (unpaired) electrons. The Labute approximate surface area is 155 Å². The zero-order valence-electron chi connectivity index (χ0n) is 16.7. The predicted octanol–water partition coefficient (Wildman–Crippen LogP) is 5.55. The summed E-state index contributed by atoms with van der Waals surface area (Å²) in [5.74, 6) is 0.800. The van der Waals surface area contributed by atoms with Crippen LogP contribution in [0.5, 0.6) is 0 Å². The Kier molecular flexibility index (Phi) is 11.2. The second-order valence-electron chi connectivity index (χ2n) is 7.26. The van der Waals surface area contributed by atoms with Crippen molar-refractivity contribution in [3.63, 3.8) is 0 Å². The van der Waals surface area contributed by atoms with Crippen LogP contribution >= 0.6 is 0 Å². The summed E-state index contributed by atoms with van der Waals surface area (Å²) in [4.78, 5) is 11.9. The molecule has 3 nitrogen and oxygen atoms in total. The molecule has 0 spiro atoms. The van der Waals surface area contributed by atoms with Crippen LogP contribution in [0.4, 0.5) is 5.69 Å². The van der Waals surface area contributed by atoms with Gasteiger partial charge in [-0.1, -0.05) is 77.3 Å². The van der Waals surface area contributed by atoms with Crippen molar-refractivity contribution < 1.29 is 4.79 Å². The van der Waals surface area contributed by atoms with E-state index in [0.717, 1.165) is 18.0 Å². The average molecular weight is 347 g/mol. The molecule has 0 saturated carbocycles. The van der Waals surface area contributed by atoms with Crippen LogP contribution in [-0.4, -0.2) is 19.0 Å². The summed E-state index contributed by atoms with van der Waals surface area (Å²) in [6.45, 7) is 6.41. The highest BCUT2D eigenvalue weighted by Crippen LogP contribution is 2.23. The summed E-state index contributed by atoms with van der Waals surface area (Å²) in [5.41, 5.74) is 2.26. The van der Waals surface area contributed by atoms with E-state index in [1.54, 1.807) is 7.05 Å². The highest BCUT2D eigenvalue weighted by molar-refractivity contribution is 5.94. The summed E-state index contributed by atoms with van der Waals surface area (Å²) in [7, 11) is 1.80. The Morgan fingerprint density at radius 3 is 2.20 bits per heavy atom. The quantitative estimate of drug-likeness (QED) is 0.460. The maximum absolute atomic E-state index is 11.9. The van der Waals surface area contributed by atoms with Gasteiger partial charge in [0.15, 0.2) is 0 Å². The van der Waals surface area contributed by atoms with E-state index in [0.29, 0.717) is 0 Å². The Bertz CT molecular complexity index is 469. The predicted molar refractivity (Wildman–Crippen MR) is 109 cm³/mol. The molecule has 3 heteroatoms. The number of nitrogens with one attached hydrogen (secondary N) is 2. The van der Waals surface area contributed by atoms with Crippen LogP contribution in [-0.2, 0) is 11.2 Å². The number of hydrogen-bond acceptors (Lipinski definition) is 2. The van der Waals surface area contributed by atoms with Crippen LogP contribution in [0.1, 0.15) is 77.7 Å². The van der Waals surface area contributed by atoms with E-state index in [-0.39, 0.29) is 11.9 Å². The maximum atomic E-state index is 11.9. The number of rotatable bonds is 13. The second kappa shape index (κ2) is 12.9. The van der Waals surface area contributed by atoms with Crippen LogP contribution in [0.2, 0.25) is 0 Å². The molecule has 0 heterocycles. The molecular weight excluding hydrogens is 308 g/mol. The van der Waals surface area contributed by atoms with Gasteiger partial charge in [0.25, 0.3) is 0 Å². The minimum Gasteiger partial charge on any atom is -0.325 e. The number of amides is 1. The first kappa shape index (κ1) is 21.7. The lowest BCUT2D eigenvalue weighted by Gasteiger charge is -2.17. The zero-order valence-corrected chi connectivity index (χ0v) is 16.7. The number of unbranched alkanes of at least 4 members (excludes halogenated alkanes) is 4. The summed E-state index contributed by atoms with van der Waals surface area (Å²) >= 11 is 0. The third-order valence-corrected chi connectivity index (χ3v) is 5.00. The van der Waals surface area contributed by atoms with Gasteiger partial charge in [0.05, 0.1) is 6.04 Å². The summed E-state index contributed by atoms with van der Waals surface area (Å²) in [6, 6.07) is 8.23. The first-order valence-electron chi connectivity index (χ1n) is 10.2. The molecular formula is C22H38N2O. The molecule has 2 atom stereocenters. The molecule has 2 N–H and O–H groups in total. The first-order chi connectivity index (χ1) is 12.1. The van der Waals surface area contributed by atoms with Gasteiger partial charge < -0.3 is 10.6 Å². The van der Waals surface area contributed by atoms with Gasteiger partial charge in [-0.05, 0) is 44.0 Å².